The highest BCUT2D eigenvalue weighted by molar-refractivity contribution is 7.16. The molecule has 0 radical (unpaired) electrons. The van der Waals surface area contributed by atoms with Crippen LogP contribution in [-0.4, -0.2) is 61.6 Å². The zero-order valence-electron chi connectivity index (χ0n) is 18.3. The number of alkyl halides is 3. The number of fused-ring (bicyclic) bond motifs is 2. The molecule has 3 heterocycles. The summed E-state index contributed by atoms with van der Waals surface area (Å²) in [4.78, 5) is 8.25. The second-order valence-electron chi connectivity index (χ2n) is 7.94. The number of amidine groups is 1. The third kappa shape index (κ3) is 5.92. The normalized spacial score (nSPS) is 19.2. The summed E-state index contributed by atoms with van der Waals surface area (Å²) < 4.78 is 59.6. The average Bonchev–Trinajstić information content (AvgIpc) is 3.07. The molecule has 1 unspecified atom stereocenters. The van der Waals surface area contributed by atoms with Gasteiger partial charge >= 0.3 is 6.18 Å². The van der Waals surface area contributed by atoms with Crippen molar-refractivity contribution in [3.8, 4) is 0 Å². The van der Waals surface area contributed by atoms with Gasteiger partial charge in [-0.15, -0.1) is 36.2 Å². The van der Waals surface area contributed by atoms with E-state index in [1.807, 2.05) is 18.9 Å². The fourth-order valence-electron chi connectivity index (χ4n) is 3.91. The van der Waals surface area contributed by atoms with Gasteiger partial charge in [0, 0.05) is 32.8 Å². The lowest BCUT2D eigenvalue weighted by molar-refractivity contribution is -0.134. The first kappa shape index (κ1) is 27.7. The van der Waals surface area contributed by atoms with Gasteiger partial charge in [-0.1, -0.05) is 0 Å². The smallest absolute Gasteiger partial charge is 0.382 e. The Labute approximate surface area is 206 Å². The Morgan fingerprint density at radius 1 is 1.24 bits per heavy atom. The van der Waals surface area contributed by atoms with Crippen molar-refractivity contribution in [1.29, 1.82) is 0 Å². The molecule has 184 valence electrons. The lowest BCUT2D eigenvalue weighted by atomic mass is 10.0. The van der Waals surface area contributed by atoms with Crippen LogP contribution in [0.5, 0.6) is 0 Å². The van der Waals surface area contributed by atoms with E-state index < -0.39 is 16.9 Å². The molecule has 1 N–H and O–H groups in total. The molecule has 1 aromatic carbocycles. The predicted molar refractivity (Wildman–Crippen MR) is 129 cm³/mol. The second kappa shape index (κ2) is 10.8. The Morgan fingerprint density at radius 3 is 2.64 bits per heavy atom. The number of hydrogen-bond donors (Lipinski definition) is 1. The molecule has 33 heavy (non-hydrogen) atoms. The molecule has 1 aromatic heterocycles. The topological polar surface area (TPSA) is 40.1 Å². The maximum Gasteiger partial charge on any atom is 0.425 e. The fraction of sp³-hybridized carbons (Fsp3) is 0.476. The third-order valence-electron chi connectivity index (χ3n) is 5.77. The van der Waals surface area contributed by atoms with Crippen molar-refractivity contribution < 1.29 is 22.3 Å². The van der Waals surface area contributed by atoms with Crippen LogP contribution in [0.4, 0.5) is 33.9 Å². The van der Waals surface area contributed by atoms with E-state index in [0.29, 0.717) is 52.2 Å². The molecule has 2 aliphatic rings. The molecule has 4 rings (SSSR count). The van der Waals surface area contributed by atoms with E-state index in [0.717, 1.165) is 19.0 Å². The second-order valence-corrected chi connectivity index (χ2v) is 8.99. The van der Waals surface area contributed by atoms with Gasteiger partial charge in [0.2, 0.25) is 0 Å². The highest BCUT2D eigenvalue weighted by Gasteiger charge is 2.37. The minimum Gasteiger partial charge on any atom is -0.382 e. The van der Waals surface area contributed by atoms with Gasteiger partial charge in [-0.25, -0.2) is 9.38 Å². The number of benzene rings is 1. The summed E-state index contributed by atoms with van der Waals surface area (Å²) in [5.41, 5.74) is 1.23. The van der Waals surface area contributed by atoms with E-state index in [-0.39, 0.29) is 37.0 Å². The predicted octanol–water partition coefficient (Wildman–Crippen LogP) is 5.93. The zero-order valence-corrected chi connectivity index (χ0v) is 20.7. The van der Waals surface area contributed by atoms with Crippen molar-refractivity contribution in [3.63, 3.8) is 0 Å². The lowest BCUT2D eigenvalue weighted by Crippen LogP contribution is -2.54. The minimum atomic E-state index is -4.47. The van der Waals surface area contributed by atoms with Gasteiger partial charge in [0.15, 0.2) is 0 Å². The van der Waals surface area contributed by atoms with Crippen molar-refractivity contribution in [1.82, 2.24) is 9.80 Å². The number of aliphatic imine (C=N–C) groups is 1. The monoisotopic (exact) mass is 528 g/mol. The number of piperazine rings is 1. The number of methoxy groups -OCH3 is 1. The van der Waals surface area contributed by atoms with Crippen molar-refractivity contribution >= 4 is 58.4 Å². The number of hydrogen-bond acceptors (Lipinski definition) is 6. The molecule has 1 fully saturated rings. The summed E-state index contributed by atoms with van der Waals surface area (Å²) in [7, 11) is 3.70. The van der Waals surface area contributed by atoms with Crippen LogP contribution < -0.4 is 5.32 Å². The van der Waals surface area contributed by atoms with Gasteiger partial charge in [0.25, 0.3) is 0 Å². The highest BCUT2D eigenvalue weighted by Crippen LogP contribution is 2.44. The summed E-state index contributed by atoms with van der Waals surface area (Å²) in [5, 5.41) is 3.29. The van der Waals surface area contributed by atoms with E-state index >= 15 is 0 Å². The van der Waals surface area contributed by atoms with Crippen molar-refractivity contribution in [3.05, 3.63) is 40.5 Å². The SMILES string of the molecule is CO[C@@H](C)CC1CN(C2=Nc3ccc(F)cc3Nc3sc(C(F)(F)F)cc32)CCN1C.Cl.Cl. The van der Waals surface area contributed by atoms with Crippen LogP contribution in [0.25, 0.3) is 0 Å². The van der Waals surface area contributed by atoms with Crippen molar-refractivity contribution in [2.45, 2.75) is 31.7 Å². The molecule has 5 nitrogen and oxygen atoms in total. The fourth-order valence-corrected chi connectivity index (χ4v) is 4.84. The minimum absolute atomic E-state index is 0. The average molecular weight is 529 g/mol. The van der Waals surface area contributed by atoms with Crippen molar-refractivity contribution in [2.24, 2.45) is 4.99 Å². The zero-order chi connectivity index (χ0) is 22.3. The lowest BCUT2D eigenvalue weighted by Gasteiger charge is -2.41. The molecule has 12 heteroatoms. The molecular weight excluding hydrogens is 503 g/mol. The Kier molecular flexibility index (Phi) is 9.03. The Morgan fingerprint density at radius 2 is 1.97 bits per heavy atom. The largest absolute Gasteiger partial charge is 0.425 e. The van der Waals surface area contributed by atoms with Gasteiger partial charge < -0.3 is 15.0 Å². The van der Waals surface area contributed by atoms with Gasteiger partial charge in [0.05, 0.1) is 23.0 Å². The standard InChI is InChI=1S/C21H24F4N4OS.2ClH/c1-12(30-3)8-14-11-29(7-6-28(14)2)19-15-10-18(21(23,24)25)31-20(15)27-17-9-13(22)4-5-16(17)26-19;;/h4-5,9-10,12,14,27H,6-8,11H2,1-3H3;2*1H/t12-,14?;;/m0../s1. The van der Waals surface area contributed by atoms with Gasteiger partial charge in [0.1, 0.15) is 21.5 Å². The molecule has 0 spiro atoms. The quantitative estimate of drug-likeness (QED) is 0.501. The molecule has 0 bridgehead atoms. The molecule has 2 aromatic rings. The number of nitrogens with zero attached hydrogens (tertiary/aromatic N) is 3. The molecule has 0 aliphatic carbocycles. The molecule has 1 saturated heterocycles. The summed E-state index contributed by atoms with van der Waals surface area (Å²) in [6, 6.07) is 5.40. The molecule has 0 amide bonds. The van der Waals surface area contributed by atoms with Crippen LogP contribution in [0.15, 0.2) is 29.3 Å². The number of likely N-dealkylation sites (N-methyl/N-ethyl adjacent to an activating group) is 1. The Bertz CT molecular complexity index is 1000. The first-order valence-corrected chi connectivity index (χ1v) is 10.8. The number of halogens is 6. The Balaban J connectivity index is 0.00000193. The summed E-state index contributed by atoms with van der Waals surface area (Å²) >= 11 is 0.612. The molecule has 2 atom stereocenters. The maximum absolute atomic E-state index is 13.8. The van der Waals surface area contributed by atoms with Crippen LogP contribution in [-0.2, 0) is 10.9 Å². The Hall–Kier alpha value is -1.59. The number of thiophene rings is 1. The van der Waals surface area contributed by atoms with E-state index in [2.05, 4.69) is 10.2 Å². The van der Waals surface area contributed by atoms with Crippen LogP contribution in [0.1, 0.15) is 23.8 Å². The van der Waals surface area contributed by atoms with E-state index in [4.69, 9.17) is 9.73 Å². The first-order chi connectivity index (χ1) is 14.7. The summed E-state index contributed by atoms with van der Waals surface area (Å²) in [6.45, 7) is 3.98. The van der Waals surface area contributed by atoms with Crippen LogP contribution in [0.3, 0.4) is 0 Å². The first-order valence-electron chi connectivity index (χ1n) is 10.0. The van der Waals surface area contributed by atoms with Crippen molar-refractivity contribution in [2.75, 3.05) is 39.1 Å². The number of rotatable bonds is 3. The summed E-state index contributed by atoms with van der Waals surface area (Å²) in [5.74, 6) is -0.00459. The van der Waals surface area contributed by atoms with Gasteiger partial charge in [-0.3, -0.25) is 4.90 Å². The van der Waals surface area contributed by atoms with E-state index in [9.17, 15) is 17.6 Å². The van der Waals surface area contributed by atoms with Crippen LogP contribution in [0.2, 0.25) is 0 Å². The third-order valence-corrected chi connectivity index (χ3v) is 6.86. The van der Waals surface area contributed by atoms with Gasteiger partial charge in [-0.05, 0) is 44.7 Å². The number of nitrogens with one attached hydrogen (secondary N) is 1. The van der Waals surface area contributed by atoms with E-state index in [1.54, 1.807) is 13.2 Å². The maximum atomic E-state index is 13.8. The number of anilines is 2. The van der Waals surface area contributed by atoms with E-state index in [1.165, 1.54) is 12.1 Å². The molecule has 2 aliphatic heterocycles. The van der Waals surface area contributed by atoms with Gasteiger partial charge in [-0.2, -0.15) is 13.2 Å². The number of ether oxygens (including phenoxy) is 1. The molecule has 0 saturated carbocycles. The summed E-state index contributed by atoms with van der Waals surface area (Å²) in [6.07, 6.45) is -3.61. The highest BCUT2D eigenvalue weighted by atomic mass is 35.5. The molecular formula is C21H26Cl2F4N4OS. The van der Waals surface area contributed by atoms with Crippen LogP contribution >= 0.6 is 36.2 Å². The van der Waals surface area contributed by atoms with Crippen LogP contribution in [0, 0.1) is 5.82 Å².